The topological polar surface area (TPSA) is 53.2 Å². The lowest BCUT2D eigenvalue weighted by atomic mass is 10.2. The molecule has 0 saturated carbocycles. The van der Waals surface area contributed by atoms with E-state index < -0.39 is 0 Å². The quantitative estimate of drug-likeness (QED) is 0.453. The number of hydrogen-bond acceptors (Lipinski definition) is 2. The maximum absolute atomic E-state index is 11.7. The minimum absolute atomic E-state index is 0.302. The fraction of sp³-hybridized carbons (Fsp3) is 0.0588. The van der Waals surface area contributed by atoms with E-state index in [-0.39, 0.29) is 5.91 Å². The van der Waals surface area contributed by atoms with Gasteiger partial charge in [0.05, 0.1) is 0 Å². The van der Waals surface area contributed by atoms with E-state index in [0.29, 0.717) is 16.7 Å². The largest absolute Gasteiger partial charge is 0.357 e. The summed E-state index contributed by atoms with van der Waals surface area (Å²) in [6.07, 6.45) is 3.10. The molecule has 0 aliphatic heterocycles. The number of carbonyl (C=O) groups excluding carboxylic acids is 1. The van der Waals surface area contributed by atoms with Gasteiger partial charge in [0, 0.05) is 17.6 Å². The molecule has 118 valence electrons. The molecule has 6 heteroatoms. The van der Waals surface area contributed by atoms with Gasteiger partial charge in [0.2, 0.25) is 0 Å². The summed E-state index contributed by atoms with van der Waals surface area (Å²) in [4.78, 5) is 11.7. The normalized spacial score (nSPS) is 10.3. The third-order valence-corrected chi connectivity index (χ3v) is 3.39. The van der Waals surface area contributed by atoms with Crippen LogP contribution in [0.3, 0.4) is 0 Å². The molecule has 0 aromatic heterocycles. The summed E-state index contributed by atoms with van der Waals surface area (Å²) in [7, 11) is 0. The first-order chi connectivity index (χ1) is 11.1. The molecule has 4 nitrogen and oxygen atoms in total. The van der Waals surface area contributed by atoms with Crippen LogP contribution < -0.4 is 16.2 Å². The summed E-state index contributed by atoms with van der Waals surface area (Å²) in [5.74, 6) is -0.302. The molecule has 0 atom stereocenters. The van der Waals surface area contributed by atoms with Crippen molar-refractivity contribution < 1.29 is 4.79 Å². The van der Waals surface area contributed by atoms with Crippen LogP contribution in [0.5, 0.6) is 0 Å². The lowest BCUT2D eigenvalue weighted by Crippen LogP contribution is -2.45. The highest BCUT2D eigenvalue weighted by atomic mass is 35.5. The van der Waals surface area contributed by atoms with Crippen LogP contribution in [0.4, 0.5) is 0 Å². The zero-order valence-electron chi connectivity index (χ0n) is 12.3. The van der Waals surface area contributed by atoms with E-state index in [1.165, 1.54) is 6.08 Å². The molecule has 2 aromatic rings. The Morgan fingerprint density at radius 2 is 1.74 bits per heavy atom. The van der Waals surface area contributed by atoms with E-state index in [1.807, 2.05) is 42.5 Å². The Hall–Kier alpha value is -2.37. The molecule has 0 aliphatic rings. The van der Waals surface area contributed by atoms with E-state index in [2.05, 4.69) is 16.2 Å². The van der Waals surface area contributed by atoms with Crippen LogP contribution in [0.2, 0.25) is 5.02 Å². The molecule has 0 spiro atoms. The summed E-state index contributed by atoms with van der Waals surface area (Å²) < 4.78 is 0. The average Bonchev–Trinajstić information content (AvgIpc) is 2.58. The number of rotatable bonds is 4. The molecule has 3 N–H and O–H groups in total. The number of amides is 1. The highest BCUT2D eigenvalue weighted by Gasteiger charge is 1.98. The predicted octanol–water partition coefficient (Wildman–Crippen LogP) is 3.05. The van der Waals surface area contributed by atoms with Gasteiger partial charge in [-0.1, -0.05) is 54.1 Å². The Morgan fingerprint density at radius 1 is 1.04 bits per heavy atom. The maximum Gasteiger partial charge on any atom is 0.262 e. The SMILES string of the molecule is O=C(/C=C/c1ccc(Cl)cc1)NNC(=S)NCc1ccccc1. The fourth-order valence-electron chi connectivity index (χ4n) is 1.73. The number of hydrogen-bond donors (Lipinski definition) is 3. The van der Waals surface area contributed by atoms with Gasteiger partial charge in [-0.2, -0.15) is 0 Å². The molecule has 2 aromatic carbocycles. The first kappa shape index (κ1) is 17.0. The summed E-state index contributed by atoms with van der Waals surface area (Å²) >= 11 is 10.9. The van der Waals surface area contributed by atoms with E-state index in [1.54, 1.807) is 18.2 Å². The molecule has 23 heavy (non-hydrogen) atoms. The van der Waals surface area contributed by atoms with Gasteiger partial charge in [-0.05, 0) is 41.6 Å². The van der Waals surface area contributed by atoms with Crippen LogP contribution in [0.1, 0.15) is 11.1 Å². The van der Waals surface area contributed by atoms with Crippen LogP contribution in [0.15, 0.2) is 60.7 Å². The van der Waals surface area contributed by atoms with Crippen LogP contribution in [0.25, 0.3) is 6.08 Å². The minimum Gasteiger partial charge on any atom is -0.357 e. The van der Waals surface area contributed by atoms with Crippen molar-refractivity contribution in [3.8, 4) is 0 Å². The summed E-state index contributed by atoms with van der Waals surface area (Å²) in [5, 5.41) is 4.01. The van der Waals surface area contributed by atoms with Gasteiger partial charge in [-0.15, -0.1) is 0 Å². The number of halogens is 1. The molecule has 1 amide bonds. The van der Waals surface area contributed by atoms with E-state index in [9.17, 15) is 4.79 Å². The highest BCUT2D eigenvalue weighted by molar-refractivity contribution is 7.80. The molecular formula is C17H16ClN3OS. The zero-order valence-corrected chi connectivity index (χ0v) is 13.8. The van der Waals surface area contributed by atoms with Gasteiger partial charge in [-0.25, -0.2) is 0 Å². The van der Waals surface area contributed by atoms with Gasteiger partial charge < -0.3 is 5.32 Å². The average molecular weight is 346 g/mol. The third kappa shape index (κ3) is 6.50. The zero-order chi connectivity index (χ0) is 16.5. The molecule has 2 rings (SSSR count). The van der Waals surface area contributed by atoms with Crippen LogP contribution in [-0.4, -0.2) is 11.0 Å². The van der Waals surface area contributed by atoms with Crippen molar-refractivity contribution in [2.45, 2.75) is 6.54 Å². The first-order valence-corrected chi connectivity index (χ1v) is 7.73. The van der Waals surface area contributed by atoms with Crippen LogP contribution in [0, 0.1) is 0 Å². The van der Waals surface area contributed by atoms with E-state index in [0.717, 1.165) is 11.1 Å². The number of thiocarbonyl (C=S) groups is 1. The predicted molar refractivity (Wildman–Crippen MR) is 97.6 cm³/mol. The Kier molecular flexibility index (Phi) is 6.59. The first-order valence-electron chi connectivity index (χ1n) is 6.95. The smallest absolute Gasteiger partial charge is 0.262 e. The van der Waals surface area contributed by atoms with E-state index in [4.69, 9.17) is 23.8 Å². The summed E-state index contributed by atoms with van der Waals surface area (Å²) in [5.41, 5.74) is 7.13. The second-order valence-corrected chi connectivity index (χ2v) is 5.51. The van der Waals surface area contributed by atoms with Crippen LogP contribution in [-0.2, 0) is 11.3 Å². The standard InChI is InChI=1S/C17H16ClN3OS/c18-15-9-6-13(7-10-15)8-11-16(22)20-21-17(23)19-12-14-4-2-1-3-5-14/h1-11H,12H2,(H,20,22)(H2,19,21,23)/b11-8+. The molecule has 0 unspecified atom stereocenters. The molecule has 0 fully saturated rings. The van der Waals surface area contributed by atoms with Crippen molar-refractivity contribution in [1.82, 2.24) is 16.2 Å². The fourth-order valence-corrected chi connectivity index (χ4v) is 1.98. The van der Waals surface area contributed by atoms with Crippen molar-refractivity contribution >= 4 is 40.9 Å². The second-order valence-electron chi connectivity index (χ2n) is 4.67. The third-order valence-electron chi connectivity index (χ3n) is 2.89. The monoisotopic (exact) mass is 345 g/mol. The van der Waals surface area contributed by atoms with Crippen molar-refractivity contribution in [3.63, 3.8) is 0 Å². The lowest BCUT2D eigenvalue weighted by Gasteiger charge is -2.10. The second kappa shape index (κ2) is 8.92. The van der Waals surface area contributed by atoms with Crippen LogP contribution >= 0.6 is 23.8 Å². The molecule has 0 saturated heterocycles. The van der Waals surface area contributed by atoms with Gasteiger partial charge in [0.1, 0.15) is 0 Å². The number of hydrazine groups is 1. The van der Waals surface area contributed by atoms with Crippen molar-refractivity contribution in [2.75, 3.05) is 0 Å². The Labute approximate surface area is 145 Å². The summed E-state index contributed by atoms with van der Waals surface area (Å²) in [6.45, 7) is 0.586. The lowest BCUT2D eigenvalue weighted by molar-refractivity contribution is -0.116. The number of carbonyl (C=O) groups is 1. The Bertz CT molecular complexity index is 687. The van der Waals surface area contributed by atoms with Gasteiger partial charge in [0.25, 0.3) is 5.91 Å². The van der Waals surface area contributed by atoms with Gasteiger partial charge in [0.15, 0.2) is 5.11 Å². The molecule has 0 heterocycles. The molecule has 0 aliphatic carbocycles. The number of nitrogens with one attached hydrogen (secondary N) is 3. The molecule has 0 bridgehead atoms. The minimum atomic E-state index is -0.302. The van der Waals surface area contributed by atoms with Crippen molar-refractivity contribution in [1.29, 1.82) is 0 Å². The Balaban J connectivity index is 1.71. The van der Waals surface area contributed by atoms with Gasteiger partial charge in [-0.3, -0.25) is 15.6 Å². The summed E-state index contributed by atoms with van der Waals surface area (Å²) in [6, 6.07) is 17.0. The van der Waals surface area contributed by atoms with Crippen molar-refractivity contribution in [2.24, 2.45) is 0 Å². The maximum atomic E-state index is 11.7. The van der Waals surface area contributed by atoms with Crippen molar-refractivity contribution in [3.05, 3.63) is 76.8 Å². The molecular weight excluding hydrogens is 330 g/mol. The van der Waals surface area contributed by atoms with Gasteiger partial charge >= 0.3 is 0 Å². The number of benzene rings is 2. The Morgan fingerprint density at radius 3 is 2.43 bits per heavy atom. The molecule has 0 radical (unpaired) electrons. The van der Waals surface area contributed by atoms with E-state index >= 15 is 0 Å². The highest BCUT2D eigenvalue weighted by Crippen LogP contribution is 2.10.